The molecule has 0 saturated carbocycles. The van der Waals surface area contributed by atoms with Crippen LogP contribution in [0.25, 0.3) is 0 Å². The number of anilines is 1. The van der Waals surface area contributed by atoms with Crippen LogP contribution < -0.4 is 10.2 Å². The summed E-state index contributed by atoms with van der Waals surface area (Å²) in [5.41, 5.74) is 0.349. The van der Waals surface area contributed by atoms with Gasteiger partial charge in [-0.1, -0.05) is 0 Å². The lowest BCUT2D eigenvalue weighted by Crippen LogP contribution is -2.38. The first-order chi connectivity index (χ1) is 9.60. The third kappa shape index (κ3) is 3.66. The fourth-order valence-corrected chi connectivity index (χ4v) is 2.68. The van der Waals surface area contributed by atoms with E-state index in [9.17, 15) is 4.79 Å². The number of rotatable bonds is 4. The summed E-state index contributed by atoms with van der Waals surface area (Å²) in [6.45, 7) is 3.30. The number of likely N-dealkylation sites (tertiary alicyclic amines) is 1. The zero-order valence-corrected chi connectivity index (χ0v) is 12.5. The van der Waals surface area contributed by atoms with Crippen molar-refractivity contribution in [3.63, 3.8) is 0 Å². The fraction of sp³-hybridized carbons (Fsp3) is 0.643. The quantitative estimate of drug-likeness (QED) is 0.874. The summed E-state index contributed by atoms with van der Waals surface area (Å²) in [4.78, 5) is 15.9. The third-order valence-corrected chi connectivity index (χ3v) is 3.76. The van der Waals surface area contributed by atoms with E-state index in [1.807, 2.05) is 13.1 Å². The van der Waals surface area contributed by atoms with E-state index in [0.717, 1.165) is 18.9 Å². The van der Waals surface area contributed by atoms with Crippen molar-refractivity contribution in [2.24, 2.45) is 5.92 Å². The Morgan fingerprint density at radius 3 is 2.90 bits per heavy atom. The van der Waals surface area contributed by atoms with Gasteiger partial charge in [-0.25, -0.2) is 0 Å². The van der Waals surface area contributed by atoms with Crippen LogP contribution >= 0.6 is 0 Å². The van der Waals surface area contributed by atoms with Crippen LogP contribution in [0, 0.1) is 5.92 Å². The standard InChI is InChI=1S/C14H23N5O/c1-15-14(20)12-6-7-13(17-16-12)19(3)10-11-5-4-8-18(2)9-11/h6-7,11H,4-5,8-10H2,1-3H3,(H,15,20). The van der Waals surface area contributed by atoms with Gasteiger partial charge in [0.2, 0.25) is 0 Å². The van der Waals surface area contributed by atoms with E-state index < -0.39 is 0 Å². The maximum absolute atomic E-state index is 11.4. The minimum Gasteiger partial charge on any atom is -0.358 e. The summed E-state index contributed by atoms with van der Waals surface area (Å²) in [6.07, 6.45) is 2.52. The number of hydrogen-bond donors (Lipinski definition) is 1. The van der Waals surface area contributed by atoms with Crippen molar-refractivity contribution >= 4 is 11.7 Å². The van der Waals surface area contributed by atoms with Crippen LogP contribution in [0.2, 0.25) is 0 Å². The van der Waals surface area contributed by atoms with Gasteiger partial charge in [0, 0.05) is 27.2 Å². The Balaban J connectivity index is 1.95. The molecule has 0 radical (unpaired) electrons. The van der Waals surface area contributed by atoms with Gasteiger partial charge in [0.1, 0.15) is 0 Å². The van der Waals surface area contributed by atoms with Crippen molar-refractivity contribution in [3.05, 3.63) is 17.8 Å². The number of nitrogens with one attached hydrogen (secondary N) is 1. The number of amides is 1. The second-order valence-corrected chi connectivity index (χ2v) is 5.51. The molecule has 0 aromatic carbocycles. The maximum Gasteiger partial charge on any atom is 0.271 e. The molecule has 1 amide bonds. The second kappa shape index (κ2) is 6.65. The molecule has 20 heavy (non-hydrogen) atoms. The summed E-state index contributed by atoms with van der Waals surface area (Å²) in [7, 11) is 5.78. The van der Waals surface area contributed by atoms with Gasteiger partial charge >= 0.3 is 0 Å². The average Bonchev–Trinajstić information content (AvgIpc) is 2.46. The maximum atomic E-state index is 11.4. The van der Waals surface area contributed by atoms with E-state index in [2.05, 4.69) is 32.4 Å². The molecule has 1 aliphatic heterocycles. The lowest BCUT2D eigenvalue weighted by molar-refractivity contribution is 0.0957. The molecular weight excluding hydrogens is 254 g/mol. The highest BCUT2D eigenvalue weighted by atomic mass is 16.1. The normalized spacial score (nSPS) is 19.6. The monoisotopic (exact) mass is 277 g/mol. The van der Waals surface area contributed by atoms with Crippen LogP contribution in [0.4, 0.5) is 5.82 Å². The van der Waals surface area contributed by atoms with Gasteiger partial charge in [-0.3, -0.25) is 4.79 Å². The second-order valence-electron chi connectivity index (χ2n) is 5.51. The number of aromatic nitrogens is 2. The van der Waals surface area contributed by atoms with Crippen molar-refractivity contribution < 1.29 is 4.79 Å². The Morgan fingerprint density at radius 1 is 1.50 bits per heavy atom. The SMILES string of the molecule is CNC(=O)c1ccc(N(C)CC2CCCN(C)C2)nn1. The number of carbonyl (C=O) groups is 1. The van der Waals surface area contributed by atoms with E-state index in [0.29, 0.717) is 11.6 Å². The molecule has 0 aliphatic carbocycles. The highest BCUT2D eigenvalue weighted by molar-refractivity contribution is 5.91. The number of hydrogen-bond acceptors (Lipinski definition) is 5. The Bertz CT molecular complexity index is 447. The van der Waals surface area contributed by atoms with Crippen molar-refractivity contribution in [2.45, 2.75) is 12.8 Å². The first-order valence-electron chi connectivity index (χ1n) is 7.05. The van der Waals surface area contributed by atoms with E-state index in [4.69, 9.17) is 0 Å². The predicted molar refractivity (Wildman–Crippen MR) is 78.9 cm³/mol. The largest absolute Gasteiger partial charge is 0.358 e. The van der Waals surface area contributed by atoms with Crippen molar-refractivity contribution in [3.8, 4) is 0 Å². The zero-order chi connectivity index (χ0) is 14.5. The molecule has 2 rings (SSSR count). The fourth-order valence-electron chi connectivity index (χ4n) is 2.68. The lowest BCUT2D eigenvalue weighted by atomic mass is 9.98. The first-order valence-corrected chi connectivity index (χ1v) is 7.05. The van der Waals surface area contributed by atoms with Crippen LogP contribution in [0.5, 0.6) is 0 Å². The third-order valence-electron chi connectivity index (χ3n) is 3.76. The number of carbonyl (C=O) groups excluding carboxylic acids is 1. The number of piperidine rings is 1. The summed E-state index contributed by atoms with van der Waals surface area (Å²) in [5.74, 6) is 1.27. The van der Waals surface area contributed by atoms with E-state index in [-0.39, 0.29) is 5.91 Å². The van der Waals surface area contributed by atoms with Crippen LogP contribution in [-0.2, 0) is 0 Å². The minimum absolute atomic E-state index is 0.208. The van der Waals surface area contributed by atoms with Crippen LogP contribution in [-0.4, -0.2) is 61.8 Å². The molecule has 1 aromatic rings. The molecular formula is C14H23N5O. The molecule has 1 unspecified atom stereocenters. The van der Waals surface area contributed by atoms with Crippen molar-refractivity contribution in [2.75, 3.05) is 45.7 Å². The molecule has 110 valence electrons. The van der Waals surface area contributed by atoms with Gasteiger partial charge < -0.3 is 15.1 Å². The van der Waals surface area contributed by atoms with Crippen molar-refractivity contribution in [1.29, 1.82) is 0 Å². The molecule has 1 aromatic heterocycles. The predicted octanol–water partition coefficient (Wildman–Crippen LogP) is 0.614. The van der Waals surface area contributed by atoms with Gasteiger partial charge in [-0.2, -0.15) is 0 Å². The Morgan fingerprint density at radius 2 is 2.30 bits per heavy atom. The van der Waals surface area contributed by atoms with Crippen LogP contribution in [0.15, 0.2) is 12.1 Å². The Hall–Kier alpha value is -1.69. The molecule has 2 heterocycles. The summed E-state index contributed by atoms with van der Waals surface area (Å²) in [5, 5.41) is 10.6. The van der Waals surface area contributed by atoms with Gasteiger partial charge in [-0.05, 0) is 44.5 Å². The molecule has 1 fully saturated rings. The topological polar surface area (TPSA) is 61.4 Å². The molecule has 1 atom stereocenters. The molecule has 1 saturated heterocycles. The van der Waals surface area contributed by atoms with Crippen LogP contribution in [0.1, 0.15) is 23.3 Å². The Kier molecular flexibility index (Phi) is 4.89. The van der Waals surface area contributed by atoms with Gasteiger partial charge in [0.25, 0.3) is 5.91 Å². The summed E-state index contributed by atoms with van der Waals surface area (Å²) in [6, 6.07) is 3.56. The van der Waals surface area contributed by atoms with E-state index in [1.54, 1.807) is 13.1 Å². The van der Waals surface area contributed by atoms with Gasteiger partial charge in [0.05, 0.1) is 0 Å². The minimum atomic E-state index is -0.208. The molecule has 1 aliphatic rings. The Labute approximate surface area is 120 Å². The zero-order valence-electron chi connectivity index (χ0n) is 12.5. The molecule has 1 N–H and O–H groups in total. The smallest absolute Gasteiger partial charge is 0.271 e. The molecule has 6 nitrogen and oxygen atoms in total. The highest BCUT2D eigenvalue weighted by Gasteiger charge is 2.19. The van der Waals surface area contributed by atoms with Crippen LogP contribution in [0.3, 0.4) is 0 Å². The van der Waals surface area contributed by atoms with E-state index >= 15 is 0 Å². The van der Waals surface area contributed by atoms with Gasteiger partial charge in [-0.15, -0.1) is 10.2 Å². The lowest BCUT2D eigenvalue weighted by Gasteiger charge is -2.32. The number of nitrogens with zero attached hydrogens (tertiary/aromatic N) is 4. The average molecular weight is 277 g/mol. The summed E-state index contributed by atoms with van der Waals surface area (Å²) >= 11 is 0. The van der Waals surface area contributed by atoms with E-state index in [1.165, 1.54) is 19.4 Å². The van der Waals surface area contributed by atoms with Gasteiger partial charge in [0.15, 0.2) is 11.5 Å². The molecule has 0 bridgehead atoms. The first kappa shape index (κ1) is 14.7. The summed E-state index contributed by atoms with van der Waals surface area (Å²) < 4.78 is 0. The molecule has 6 heteroatoms. The van der Waals surface area contributed by atoms with Crippen molar-refractivity contribution in [1.82, 2.24) is 20.4 Å². The molecule has 0 spiro atoms. The highest BCUT2D eigenvalue weighted by Crippen LogP contribution is 2.18.